The van der Waals surface area contributed by atoms with Gasteiger partial charge in [-0.05, 0) is 42.8 Å². The van der Waals surface area contributed by atoms with Gasteiger partial charge in [0.15, 0.2) is 5.03 Å². The van der Waals surface area contributed by atoms with Crippen LogP contribution in [-0.2, 0) is 9.84 Å². The maximum Gasteiger partial charge on any atom is 0.256 e. The highest BCUT2D eigenvalue weighted by molar-refractivity contribution is 7.95. The van der Waals surface area contributed by atoms with Gasteiger partial charge in [0.2, 0.25) is 9.84 Å². The standard InChI is InChI=1S/C16H12Cl2FNO3S/c1-10-4-2-3-5-13(10)24(22,23)16(14(17)18)20-15(21)11-6-8-12(19)9-7-11/h2-9H,1H3,(H,20,21). The van der Waals surface area contributed by atoms with E-state index in [-0.39, 0.29) is 10.5 Å². The maximum absolute atomic E-state index is 12.9. The molecule has 126 valence electrons. The highest BCUT2D eigenvalue weighted by Gasteiger charge is 2.27. The Morgan fingerprint density at radius 1 is 1.04 bits per heavy atom. The van der Waals surface area contributed by atoms with Crippen LogP contribution in [-0.4, -0.2) is 14.3 Å². The predicted octanol–water partition coefficient (Wildman–Crippen LogP) is 3.94. The second kappa shape index (κ2) is 7.34. The lowest BCUT2D eigenvalue weighted by molar-refractivity contribution is 0.0968. The Morgan fingerprint density at radius 2 is 1.62 bits per heavy atom. The molecule has 0 saturated carbocycles. The first-order valence-electron chi connectivity index (χ1n) is 6.66. The monoisotopic (exact) mass is 387 g/mol. The van der Waals surface area contributed by atoms with Gasteiger partial charge in [0.1, 0.15) is 10.3 Å². The molecule has 0 aliphatic carbocycles. The van der Waals surface area contributed by atoms with Crippen LogP contribution in [0.3, 0.4) is 0 Å². The second-order valence-electron chi connectivity index (χ2n) is 4.82. The summed E-state index contributed by atoms with van der Waals surface area (Å²) in [4.78, 5) is 12.2. The third-order valence-corrected chi connectivity index (χ3v) is 5.64. The molecule has 2 rings (SSSR count). The Hall–Kier alpha value is -1.89. The van der Waals surface area contributed by atoms with E-state index in [9.17, 15) is 17.6 Å². The summed E-state index contributed by atoms with van der Waals surface area (Å²) in [7, 11) is -4.13. The predicted molar refractivity (Wildman–Crippen MR) is 91.0 cm³/mol. The smallest absolute Gasteiger partial charge is 0.256 e. The summed E-state index contributed by atoms with van der Waals surface area (Å²) in [6.45, 7) is 1.61. The third kappa shape index (κ3) is 3.95. The fourth-order valence-corrected chi connectivity index (χ4v) is 4.06. The minimum atomic E-state index is -4.13. The lowest BCUT2D eigenvalue weighted by Crippen LogP contribution is -2.28. The topological polar surface area (TPSA) is 63.2 Å². The SMILES string of the molecule is Cc1ccccc1S(=O)(=O)C(NC(=O)c1ccc(F)cc1)=C(Cl)Cl. The van der Waals surface area contributed by atoms with Crippen molar-refractivity contribution in [3.05, 3.63) is 75.0 Å². The Morgan fingerprint density at radius 3 is 2.17 bits per heavy atom. The molecule has 0 aliphatic rings. The summed E-state index contributed by atoms with van der Waals surface area (Å²) in [5.41, 5.74) is 0.532. The van der Waals surface area contributed by atoms with Crippen LogP contribution in [0.2, 0.25) is 0 Å². The number of hydrogen-bond acceptors (Lipinski definition) is 3. The van der Waals surface area contributed by atoms with Crippen molar-refractivity contribution in [3.8, 4) is 0 Å². The van der Waals surface area contributed by atoms with Crippen molar-refractivity contribution in [2.24, 2.45) is 0 Å². The first-order valence-corrected chi connectivity index (χ1v) is 8.90. The molecule has 24 heavy (non-hydrogen) atoms. The molecule has 0 unspecified atom stereocenters. The number of aryl methyl sites for hydroxylation is 1. The Bertz CT molecular complexity index is 905. The average molecular weight is 388 g/mol. The Labute approximate surface area is 148 Å². The van der Waals surface area contributed by atoms with Crippen molar-refractivity contribution < 1.29 is 17.6 Å². The summed E-state index contributed by atoms with van der Waals surface area (Å²) in [6, 6.07) is 10.8. The van der Waals surface area contributed by atoms with Gasteiger partial charge in [-0.25, -0.2) is 12.8 Å². The molecule has 0 saturated heterocycles. The van der Waals surface area contributed by atoms with Crippen molar-refractivity contribution in [2.45, 2.75) is 11.8 Å². The largest absolute Gasteiger partial charge is 0.310 e. The van der Waals surface area contributed by atoms with Gasteiger partial charge in [0.05, 0.1) is 4.90 Å². The molecule has 0 aromatic heterocycles. The van der Waals surface area contributed by atoms with Gasteiger partial charge >= 0.3 is 0 Å². The van der Waals surface area contributed by atoms with Crippen LogP contribution in [0.4, 0.5) is 4.39 Å². The highest BCUT2D eigenvalue weighted by Crippen LogP contribution is 2.26. The quantitative estimate of drug-likeness (QED) is 0.863. The van der Waals surface area contributed by atoms with Gasteiger partial charge in [0.25, 0.3) is 5.91 Å². The molecular formula is C16H12Cl2FNO3S. The number of carbonyl (C=O) groups excluding carboxylic acids is 1. The number of hydrogen-bond donors (Lipinski definition) is 1. The molecule has 0 spiro atoms. The van der Waals surface area contributed by atoms with Crippen molar-refractivity contribution >= 4 is 38.9 Å². The van der Waals surface area contributed by atoms with Gasteiger partial charge in [-0.3, -0.25) is 4.79 Å². The number of rotatable bonds is 4. The summed E-state index contributed by atoms with van der Waals surface area (Å²) in [5.74, 6) is -1.30. The summed E-state index contributed by atoms with van der Waals surface area (Å²) >= 11 is 11.4. The first-order chi connectivity index (χ1) is 11.2. The maximum atomic E-state index is 12.9. The Balaban J connectivity index is 2.41. The van der Waals surface area contributed by atoms with Gasteiger partial charge < -0.3 is 5.32 Å². The van der Waals surface area contributed by atoms with E-state index in [0.29, 0.717) is 5.56 Å². The molecule has 2 aromatic carbocycles. The van der Waals surface area contributed by atoms with E-state index in [2.05, 4.69) is 5.32 Å². The summed E-state index contributed by atoms with van der Waals surface area (Å²) in [6.07, 6.45) is 0. The lowest BCUT2D eigenvalue weighted by atomic mass is 10.2. The fraction of sp³-hybridized carbons (Fsp3) is 0.0625. The lowest BCUT2D eigenvalue weighted by Gasteiger charge is -2.13. The first kappa shape index (κ1) is 18.4. The van der Waals surface area contributed by atoms with E-state index in [4.69, 9.17) is 23.2 Å². The number of benzene rings is 2. The molecule has 0 fully saturated rings. The molecule has 8 heteroatoms. The van der Waals surface area contributed by atoms with Crippen LogP contribution in [0.1, 0.15) is 15.9 Å². The zero-order chi connectivity index (χ0) is 17.9. The number of halogens is 3. The zero-order valence-corrected chi connectivity index (χ0v) is 14.7. The molecule has 0 atom stereocenters. The van der Waals surface area contributed by atoms with E-state index in [1.807, 2.05) is 0 Å². The molecule has 2 aromatic rings. The molecule has 0 aliphatic heterocycles. The summed E-state index contributed by atoms with van der Waals surface area (Å²) < 4.78 is 37.7. The van der Waals surface area contributed by atoms with E-state index in [1.165, 1.54) is 18.2 Å². The molecular weight excluding hydrogens is 376 g/mol. The van der Waals surface area contributed by atoms with E-state index < -0.39 is 31.1 Å². The van der Waals surface area contributed by atoms with Crippen molar-refractivity contribution in [2.75, 3.05) is 0 Å². The van der Waals surface area contributed by atoms with Crippen molar-refractivity contribution in [1.29, 1.82) is 0 Å². The molecule has 0 heterocycles. The van der Waals surface area contributed by atoms with Crippen molar-refractivity contribution in [3.63, 3.8) is 0 Å². The van der Waals surface area contributed by atoms with Gasteiger partial charge in [-0.2, -0.15) is 0 Å². The molecule has 4 nitrogen and oxygen atoms in total. The van der Waals surface area contributed by atoms with Gasteiger partial charge in [-0.1, -0.05) is 41.4 Å². The van der Waals surface area contributed by atoms with Crippen LogP contribution in [0.5, 0.6) is 0 Å². The van der Waals surface area contributed by atoms with Crippen LogP contribution in [0, 0.1) is 12.7 Å². The molecule has 1 N–H and O–H groups in total. The van der Waals surface area contributed by atoms with Crippen molar-refractivity contribution in [1.82, 2.24) is 5.32 Å². The average Bonchev–Trinajstić information content (AvgIpc) is 2.52. The fourth-order valence-electron chi connectivity index (χ4n) is 1.96. The second-order valence-corrected chi connectivity index (χ2v) is 7.62. The minimum absolute atomic E-state index is 0.0294. The molecule has 0 bridgehead atoms. The number of sulfone groups is 1. The molecule has 0 radical (unpaired) electrons. The van der Waals surface area contributed by atoms with Crippen LogP contribution in [0.15, 0.2) is 62.9 Å². The van der Waals surface area contributed by atoms with Crippen LogP contribution < -0.4 is 5.32 Å². The molecule has 1 amide bonds. The van der Waals surface area contributed by atoms with Gasteiger partial charge in [-0.15, -0.1) is 0 Å². The normalized spacial score (nSPS) is 11.0. The van der Waals surface area contributed by atoms with Crippen LogP contribution >= 0.6 is 23.2 Å². The third-order valence-electron chi connectivity index (χ3n) is 3.16. The minimum Gasteiger partial charge on any atom is -0.310 e. The van der Waals surface area contributed by atoms with Crippen LogP contribution in [0.25, 0.3) is 0 Å². The van der Waals surface area contributed by atoms with E-state index >= 15 is 0 Å². The van der Waals surface area contributed by atoms with E-state index in [0.717, 1.165) is 12.1 Å². The summed E-state index contributed by atoms with van der Waals surface area (Å²) in [5, 5.41) is 1.55. The number of nitrogens with one attached hydrogen (secondary N) is 1. The Kier molecular flexibility index (Phi) is 5.64. The van der Waals surface area contributed by atoms with E-state index in [1.54, 1.807) is 25.1 Å². The number of amides is 1. The van der Waals surface area contributed by atoms with Gasteiger partial charge in [0, 0.05) is 5.56 Å². The highest BCUT2D eigenvalue weighted by atomic mass is 35.5. The number of carbonyl (C=O) groups is 1. The zero-order valence-electron chi connectivity index (χ0n) is 12.4.